The summed E-state index contributed by atoms with van der Waals surface area (Å²) in [7, 11) is 0. The molecule has 1 aromatic carbocycles. The smallest absolute Gasteiger partial charge is 0.224 e. The molecule has 0 unspecified atom stereocenters. The van der Waals surface area contributed by atoms with Crippen LogP contribution in [0.4, 0.5) is 5.69 Å². The van der Waals surface area contributed by atoms with Crippen LogP contribution in [0.1, 0.15) is 34.1 Å². The molecule has 0 bridgehead atoms. The second-order valence-electron chi connectivity index (χ2n) is 6.36. The molecule has 4 rings (SSSR count). The molecule has 6 nitrogen and oxygen atoms in total. The van der Waals surface area contributed by atoms with Crippen molar-refractivity contribution in [2.75, 3.05) is 5.32 Å². The Kier molecular flexibility index (Phi) is 4.75. The maximum atomic E-state index is 12.8. The number of benzene rings is 1. The van der Waals surface area contributed by atoms with E-state index in [4.69, 9.17) is 0 Å². The Morgan fingerprint density at radius 1 is 1.21 bits per heavy atom. The Hall–Kier alpha value is -3.32. The molecule has 0 atom stereocenters. The van der Waals surface area contributed by atoms with E-state index < -0.39 is 0 Å². The molecule has 0 saturated heterocycles. The van der Waals surface area contributed by atoms with Crippen molar-refractivity contribution < 1.29 is 9.59 Å². The van der Waals surface area contributed by atoms with Gasteiger partial charge in [-0.15, -0.1) is 11.3 Å². The zero-order valence-corrected chi connectivity index (χ0v) is 16.3. The lowest BCUT2D eigenvalue weighted by molar-refractivity contribution is -0.115. The van der Waals surface area contributed by atoms with Crippen molar-refractivity contribution in [3.63, 3.8) is 0 Å². The number of nitrogens with one attached hydrogen (secondary N) is 1. The fourth-order valence-corrected chi connectivity index (χ4v) is 3.64. The summed E-state index contributed by atoms with van der Waals surface area (Å²) in [5.41, 5.74) is 4.39. The molecule has 0 aliphatic carbocycles. The summed E-state index contributed by atoms with van der Waals surface area (Å²) >= 11 is 1.40. The molecule has 3 heterocycles. The van der Waals surface area contributed by atoms with Crippen molar-refractivity contribution in [1.29, 1.82) is 0 Å². The highest BCUT2D eigenvalue weighted by Gasteiger charge is 2.18. The summed E-state index contributed by atoms with van der Waals surface area (Å²) in [6, 6.07) is 11.3. The molecule has 4 aromatic rings. The lowest BCUT2D eigenvalue weighted by Crippen LogP contribution is -2.10. The van der Waals surface area contributed by atoms with Gasteiger partial charge in [0.15, 0.2) is 5.65 Å². The number of carbonyl (C=O) groups is 2. The number of ketones is 1. The summed E-state index contributed by atoms with van der Waals surface area (Å²) in [4.78, 5) is 29.6. The number of aromatic nitrogens is 3. The number of rotatable bonds is 5. The van der Waals surface area contributed by atoms with E-state index in [9.17, 15) is 9.59 Å². The van der Waals surface area contributed by atoms with Crippen LogP contribution in [-0.4, -0.2) is 26.3 Å². The second kappa shape index (κ2) is 7.36. The normalized spacial score (nSPS) is 10.9. The van der Waals surface area contributed by atoms with Gasteiger partial charge in [0.2, 0.25) is 11.7 Å². The molecular weight excluding hydrogens is 372 g/mol. The topological polar surface area (TPSA) is 76.4 Å². The van der Waals surface area contributed by atoms with Crippen molar-refractivity contribution in [2.24, 2.45) is 0 Å². The second-order valence-corrected chi connectivity index (χ2v) is 7.31. The zero-order chi connectivity index (χ0) is 19.7. The van der Waals surface area contributed by atoms with Crippen LogP contribution >= 0.6 is 11.3 Å². The third kappa shape index (κ3) is 3.20. The van der Waals surface area contributed by atoms with Crippen molar-refractivity contribution >= 4 is 34.4 Å². The number of hydrogen-bond donors (Lipinski definition) is 1. The van der Waals surface area contributed by atoms with E-state index in [2.05, 4.69) is 15.4 Å². The number of thiophene rings is 1. The standard InChI is InChI=1S/C21H18N4O2S/c1-3-19(26)24-16-11-14(7-6-13(16)2)17-8-9-22-21-15(12-23-25(17)21)20(27)18-5-4-10-28-18/h4-12H,3H2,1-2H3,(H,24,26). The summed E-state index contributed by atoms with van der Waals surface area (Å²) < 4.78 is 1.66. The summed E-state index contributed by atoms with van der Waals surface area (Å²) in [5, 5.41) is 9.20. The Morgan fingerprint density at radius 2 is 2.07 bits per heavy atom. The molecule has 1 N–H and O–H groups in total. The first-order valence-corrected chi connectivity index (χ1v) is 9.78. The van der Waals surface area contributed by atoms with Crippen LogP contribution in [-0.2, 0) is 4.79 Å². The van der Waals surface area contributed by atoms with Crippen LogP contribution in [0, 0.1) is 6.92 Å². The maximum Gasteiger partial charge on any atom is 0.224 e. The molecule has 1 amide bonds. The van der Waals surface area contributed by atoms with Gasteiger partial charge in [0.05, 0.1) is 22.3 Å². The van der Waals surface area contributed by atoms with Gasteiger partial charge < -0.3 is 5.32 Å². The molecule has 3 aromatic heterocycles. The number of anilines is 1. The van der Waals surface area contributed by atoms with Crippen molar-refractivity contribution in [3.8, 4) is 11.3 Å². The van der Waals surface area contributed by atoms with E-state index in [-0.39, 0.29) is 11.7 Å². The van der Waals surface area contributed by atoms with Gasteiger partial charge in [0.1, 0.15) is 0 Å². The highest BCUT2D eigenvalue weighted by atomic mass is 32.1. The van der Waals surface area contributed by atoms with E-state index in [1.54, 1.807) is 23.0 Å². The largest absolute Gasteiger partial charge is 0.326 e. The Bertz CT molecular complexity index is 1180. The highest BCUT2D eigenvalue weighted by molar-refractivity contribution is 7.12. The van der Waals surface area contributed by atoms with Crippen molar-refractivity contribution in [1.82, 2.24) is 14.6 Å². The first-order valence-electron chi connectivity index (χ1n) is 8.90. The average molecular weight is 390 g/mol. The van der Waals surface area contributed by atoms with Crippen LogP contribution in [0.25, 0.3) is 16.9 Å². The fourth-order valence-electron chi connectivity index (χ4n) is 2.97. The van der Waals surface area contributed by atoms with Gasteiger partial charge in [-0.3, -0.25) is 9.59 Å². The minimum atomic E-state index is -0.0885. The highest BCUT2D eigenvalue weighted by Crippen LogP contribution is 2.27. The van der Waals surface area contributed by atoms with Gasteiger partial charge >= 0.3 is 0 Å². The van der Waals surface area contributed by atoms with Crippen LogP contribution in [0.5, 0.6) is 0 Å². The van der Waals surface area contributed by atoms with E-state index in [1.165, 1.54) is 11.3 Å². The maximum absolute atomic E-state index is 12.8. The monoisotopic (exact) mass is 390 g/mol. The lowest BCUT2D eigenvalue weighted by atomic mass is 10.1. The van der Waals surface area contributed by atoms with Crippen LogP contribution < -0.4 is 5.32 Å². The number of nitrogens with zero attached hydrogens (tertiary/aromatic N) is 3. The van der Waals surface area contributed by atoms with Gasteiger partial charge in [-0.1, -0.05) is 25.1 Å². The summed E-state index contributed by atoms with van der Waals surface area (Å²) in [6.07, 6.45) is 3.64. The van der Waals surface area contributed by atoms with E-state index in [0.29, 0.717) is 22.5 Å². The Labute approximate surface area is 165 Å². The third-order valence-electron chi connectivity index (χ3n) is 4.52. The molecule has 0 aliphatic heterocycles. The van der Waals surface area contributed by atoms with Gasteiger partial charge in [-0.05, 0) is 36.1 Å². The number of aryl methyl sites for hydroxylation is 1. The molecule has 28 heavy (non-hydrogen) atoms. The van der Waals surface area contributed by atoms with Gasteiger partial charge in [-0.2, -0.15) is 5.10 Å². The predicted octanol–water partition coefficient (Wildman–Crippen LogP) is 4.35. The zero-order valence-electron chi connectivity index (χ0n) is 15.5. The molecule has 0 fully saturated rings. The van der Waals surface area contributed by atoms with Crippen molar-refractivity contribution in [2.45, 2.75) is 20.3 Å². The van der Waals surface area contributed by atoms with E-state index in [0.717, 1.165) is 22.5 Å². The summed E-state index contributed by atoms with van der Waals surface area (Å²) in [5.74, 6) is -0.127. The van der Waals surface area contributed by atoms with Gasteiger partial charge in [0.25, 0.3) is 0 Å². The van der Waals surface area contributed by atoms with Gasteiger partial charge in [0, 0.05) is 23.9 Å². The number of amides is 1. The molecule has 0 radical (unpaired) electrons. The minimum Gasteiger partial charge on any atom is -0.326 e. The summed E-state index contributed by atoms with van der Waals surface area (Å²) in [6.45, 7) is 3.76. The van der Waals surface area contributed by atoms with Crippen LogP contribution in [0.2, 0.25) is 0 Å². The van der Waals surface area contributed by atoms with Crippen molar-refractivity contribution in [3.05, 3.63) is 70.2 Å². The van der Waals surface area contributed by atoms with E-state index >= 15 is 0 Å². The van der Waals surface area contributed by atoms with Gasteiger partial charge in [-0.25, -0.2) is 9.50 Å². The Balaban J connectivity index is 1.79. The molecule has 0 aliphatic rings. The fraction of sp³-hybridized carbons (Fsp3) is 0.143. The number of carbonyl (C=O) groups excluding carboxylic acids is 2. The lowest BCUT2D eigenvalue weighted by Gasteiger charge is -2.11. The number of fused-ring (bicyclic) bond motifs is 1. The van der Waals surface area contributed by atoms with Crippen LogP contribution in [0.15, 0.2) is 54.2 Å². The molecule has 0 spiro atoms. The third-order valence-corrected chi connectivity index (χ3v) is 5.39. The first kappa shape index (κ1) is 18.1. The van der Waals surface area contributed by atoms with Crippen LogP contribution in [0.3, 0.4) is 0 Å². The number of hydrogen-bond acceptors (Lipinski definition) is 5. The SMILES string of the molecule is CCC(=O)Nc1cc(-c2ccnc3c(C(=O)c4cccs4)cnn23)ccc1C. The first-order chi connectivity index (χ1) is 13.6. The predicted molar refractivity (Wildman–Crippen MR) is 110 cm³/mol. The minimum absolute atomic E-state index is 0.0388. The quantitative estimate of drug-likeness (QED) is 0.514. The Morgan fingerprint density at radius 3 is 2.82 bits per heavy atom. The molecule has 7 heteroatoms. The molecular formula is C21H18N4O2S. The molecule has 0 saturated carbocycles. The van der Waals surface area contributed by atoms with E-state index in [1.807, 2.05) is 49.6 Å². The molecule has 140 valence electrons. The average Bonchev–Trinajstić information content (AvgIpc) is 3.39.